The minimum atomic E-state index is -0.270. The van der Waals surface area contributed by atoms with Gasteiger partial charge < -0.3 is 9.47 Å². The second-order valence-electron chi connectivity index (χ2n) is 2.53. The lowest BCUT2D eigenvalue weighted by molar-refractivity contribution is -0.135. The molecule has 13 heavy (non-hydrogen) atoms. The van der Waals surface area contributed by atoms with Gasteiger partial charge in [-0.05, 0) is 12.1 Å². The maximum Gasteiger partial charge on any atom is 0.313 e. The molecule has 0 saturated heterocycles. The molecule has 0 N–H and O–H groups in total. The summed E-state index contributed by atoms with van der Waals surface area (Å²) in [6.45, 7) is 0.395. The predicted molar refractivity (Wildman–Crippen MR) is 48.6 cm³/mol. The van der Waals surface area contributed by atoms with Crippen molar-refractivity contribution in [2.75, 3.05) is 13.7 Å². The lowest BCUT2D eigenvalue weighted by Gasteiger charge is -2.02. The summed E-state index contributed by atoms with van der Waals surface area (Å²) in [4.78, 5) is 11.1. The molecule has 0 radical (unpaired) electrons. The molecule has 0 aliphatic carbocycles. The summed E-state index contributed by atoms with van der Waals surface area (Å²) in [5, 5.41) is 0. The topological polar surface area (TPSA) is 35.5 Å². The van der Waals surface area contributed by atoms with Crippen LogP contribution < -0.4 is 4.74 Å². The van der Waals surface area contributed by atoms with E-state index in [1.165, 1.54) is 0 Å². The van der Waals surface area contributed by atoms with Crippen molar-refractivity contribution in [1.82, 2.24) is 0 Å². The lowest BCUT2D eigenvalue weighted by Crippen LogP contribution is -2.10. The monoisotopic (exact) mass is 180 g/mol. The summed E-state index contributed by atoms with van der Waals surface area (Å²) in [6.07, 6.45) is 0.283. The van der Waals surface area contributed by atoms with E-state index in [0.29, 0.717) is 12.4 Å². The Morgan fingerprint density at radius 1 is 1.31 bits per heavy atom. The van der Waals surface area contributed by atoms with Gasteiger partial charge in [0.05, 0.1) is 13.0 Å². The van der Waals surface area contributed by atoms with Gasteiger partial charge in [-0.3, -0.25) is 4.79 Å². The number of esters is 1. The summed E-state index contributed by atoms with van der Waals surface area (Å²) < 4.78 is 9.75. The summed E-state index contributed by atoms with van der Waals surface area (Å²) in [7, 11) is 1.55. The number of ether oxygens (including phenoxy) is 2. The average molecular weight is 180 g/mol. The van der Waals surface area contributed by atoms with Crippen molar-refractivity contribution in [3.05, 3.63) is 30.3 Å². The van der Waals surface area contributed by atoms with Crippen molar-refractivity contribution in [2.45, 2.75) is 6.42 Å². The normalized spacial score (nSPS) is 9.62. The van der Waals surface area contributed by atoms with E-state index in [1.54, 1.807) is 19.2 Å². The molecule has 0 aromatic heterocycles. The maximum atomic E-state index is 11.1. The van der Waals surface area contributed by atoms with Crippen LogP contribution in [0.4, 0.5) is 0 Å². The van der Waals surface area contributed by atoms with Crippen molar-refractivity contribution >= 4 is 5.97 Å². The first kappa shape index (κ1) is 9.74. The highest BCUT2D eigenvalue weighted by atomic mass is 16.5. The predicted octanol–water partition coefficient (Wildman–Crippen LogP) is 1.63. The Morgan fingerprint density at radius 3 is 2.62 bits per heavy atom. The second kappa shape index (κ2) is 5.32. The van der Waals surface area contributed by atoms with Gasteiger partial charge in [0.15, 0.2) is 0 Å². The largest absolute Gasteiger partial charge is 0.426 e. The van der Waals surface area contributed by atoms with Crippen LogP contribution in [0, 0.1) is 0 Å². The minimum Gasteiger partial charge on any atom is -0.426 e. The molecule has 0 bridgehead atoms. The Morgan fingerprint density at radius 2 is 2.00 bits per heavy atom. The van der Waals surface area contributed by atoms with Crippen LogP contribution in [0.25, 0.3) is 0 Å². The molecule has 1 aromatic carbocycles. The van der Waals surface area contributed by atoms with E-state index in [9.17, 15) is 4.79 Å². The van der Waals surface area contributed by atoms with Crippen LogP contribution in [0.3, 0.4) is 0 Å². The molecule has 1 aromatic rings. The molecule has 0 atom stereocenters. The van der Waals surface area contributed by atoms with Gasteiger partial charge in [0.25, 0.3) is 0 Å². The third-order valence-electron chi connectivity index (χ3n) is 1.49. The quantitative estimate of drug-likeness (QED) is 0.522. The molecule has 0 amide bonds. The molecule has 0 unspecified atom stereocenters. The molecular formula is C10H12O3. The minimum absolute atomic E-state index is 0.270. The average Bonchev–Trinajstić information content (AvgIpc) is 2.16. The molecular weight excluding hydrogens is 168 g/mol. The van der Waals surface area contributed by atoms with Crippen molar-refractivity contribution in [2.24, 2.45) is 0 Å². The van der Waals surface area contributed by atoms with Crippen LogP contribution >= 0.6 is 0 Å². The Bertz CT molecular complexity index is 256. The van der Waals surface area contributed by atoms with Gasteiger partial charge in [-0.25, -0.2) is 0 Å². The highest BCUT2D eigenvalue weighted by Gasteiger charge is 2.02. The third kappa shape index (κ3) is 3.71. The van der Waals surface area contributed by atoms with Gasteiger partial charge in [-0.1, -0.05) is 18.2 Å². The summed E-state index contributed by atoms with van der Waals surface area (Å²) in [5.41, 5.74) is 0. The van der Waals surface area contributed by atoms with Gasteiger partial charge in [0, 0.05) is 7.11 Å². The number of methoxy groups -OCH3 is 1. The standard InChI is InChI=1S/C10H12O3/c1-12-8-7-10(11)13-9-5-3-2-4-6-9/h2-6H,7-8H2,1H3. The number of carbonyl (C=O) groups excluding carboxylic acids is 1. The number of hydrogen-bond acceptors (Lipinski definition) is 3. The molecule has 0 aliphatic heterocycles. The van der Waals surface area contributed by atoms with E-state index < -0.39 is 0 Å². The summed E-state index contributed by atoms with van der Waals surface area (Å²) in [6, 6.07) is 8.99. The molecule has 0 saturated carbocycles. The van der Waals surface area contributed by atoms with Crippen molar-refractivity contribution < 1.29 is 14.3 Å². The van der Waals surface area contributed by atoms with Crippen molar-refractivity contribution in [3.8, 4) is 5.75 Å². The fourth-order valence-electron chi connectivity index (χ4n) is 0.856. The Balaban J connectivity index is 2.37. The first-order valence-electron chi connectivity index (χ1n) is 4.07. The van der Waals surface area contributed by atoms with Crippen LogP contribution in [0.1, 0.15) is 6.42 Å². The molecule has 1 rings (SSSR count). The van der Waals surface area contributed by atoms with E-state index in [2.05, 4.69) is 0 Å². The highest BCUT2D eigenvalue weighted by Crippen LogP contribution is 2.08. The zero-order valence-corrected chi connectivity index (χ0v) is 7.53. The summed E-state index contributed by atoms with van der Waals surface area (Å²) >= 11 is 0. The van der Waals surface area contributed by atoms with Crippen LogP contribution in [-0.2, 0) is 9.53 Å². The van der Waals surface area contributed by atoms with Crippen LogP contribution in [-0.4, -0.2) is 19.7 Å². The van der Waals surface area contributed by atoms with Crippen LogP contribution in [0.15, 0.2) is 30.3 Å². The van der Waals surface area contributed by atoms with E-state index >= 15 is 0 Å². The number of carbonyl (C=O) groups is 1. The van der Waals surface area contributed by atoms with E-state index in [0.717, 1.165) is 0 Å². The second-order valence-corrected chi connectivity index (χ2v) is 2.53. The lowest BCUT2D eigenvalue weighted by atomic mass is 10.3. The molecule has 0 aliphatic rings. The molecule has 0 fully saturated rings. The van der Waals surface area contributed by atoms with Crippen molar-refractivity contribution in [3.63, 3.8) is 0 Å². The number of para-hydroxylation sites is 1. The zero-order valence-electron chi connectivity index (χ0n) is 7.53. The maximum absolute atomic E-state index is 11.1. The van der Waals surface area contributed by atoms with E-state index in [1.807, 2.05) is 18.2 Å². The number of hydrogen-bond donors (Lipinski definition) is 0. The van der Waals surface area contributed by atoms with Gasteiger partial charge in [-0.15, -0.1) is 0 Å². The third-order valence-corrected chi connectivity index (χ3v) is 1.49. The smallest absolute Gasteiger partial charge is 0.313 e. The molecule has 0 spiro atoms. The SMILES string of the molecule is COCCC(=O)Oc1ccccc1. The fraction of sp³-hybridized carbons (Fsp3) is 0.300. The Kier molecular flexibility index (Phi) is 3.99. The van der Waals surface area contributed by atoms with E-state index in [4.69, 9.17) is 9.47 Å². The summed E-state index contributed by atoms with van der Waals surface area (Å²) in [5.74, 6) is 0.302. The zero-order chi connectivity index (χ0) is 9.52. The molecule has 3 nitrogen and oxygen atoms in total. The first-order chi connectivity index (χ1) is 6.33. The Hall–Kier alpha value is -1.35. The number of benzene rings is 1. The van der Waals surface area contributed by atoms with Crippen LogP contribution in [0.5, 0.6) is 5.75 Å². The van der Waals surface area contributed by atoms with Gasteiger partial charge >= 0.3 is 5.97 Å². The van der Waals surface area contributed by atoms with Gasteiger partial charge in [-0.2, -0.15) is 0 Å². The molecule has 0 heterocycles. The van der Waals surface area contributed by atoms with E-state index in [-0.39, 0.29) is 12.4 Å². The van der Waals surface area contributed by atoms with Gasteiger partial charge in [0.2, 0.25) is 0 Å². The van der Waals surface area contributed by atoms with Crippen LogP contribution in [0.2, 0.25) is 0 Å². The number of rotatable bonds is 4. The highest BCUT2D eigenvalue weighted by molar-refractivity contribution is 5.72. The first-order valence-corrected chi connectivity index (χ1v) is 4.07. The molecule has 3 heteroatoms. The Labute approximate surface area is 77.3 Å². The van der Waals surface area contributed by atoms with Crippen molar-refractivity contribution in [1.29, 1.82) is 0 Å². The fourth-order valence-corrected chi connectivity index (χ4v) is 0.856. The van der Waals surface area contributed by atoms with Gasteiger partial charge in [0.1, 0.15) is 5.75 Å². The molecule has 70 valence electrons.